The summed E-state index contributed by atoms with van der Waals surface area (Å²) >= 11 is 0. The Hall–Kier alpha value is -0.490. The smallest absolute Gasteiger partial charge is 0.134 e. The maximum atomic E-state index is 11.0. The molecule has 0 aromatic heterocycles. The molecular formula is C13H26O5. The zero-order valence-electron chi connectivity index (χ0n) is 11.6. The largest absolute Gasteiger partial charge is 0.379 e. The van der Waals surface area contributed by atoms with Crippen LogP contribution in [0, 0.1) is 0 Å². The standard InChI is InChI=1S/C13H26O5/c1-3-13(14)5-6-16-9-10-18-12-11-17-8-7-15-4-2/h3-12H2,1-2H3. The van der Waals surface area contributed by atoms with Crippen LogP contribution in [0.4, 0.5) is 0 Å². The summed E-state index contributed by atoms with van der Waals surface area (Å²) in [6.07, 6.45) is 1.08. The van der Waals surface area contributed by atoms with Gasteiger partial charge >= 0.3 is 0 Å². The monoisotopic (exact) mass is 262 g/mol. The number of hydrogen-bond donors (Lipinski definition) is 0. The quantitative estimate of drug-likeness (QED) is 0.443. The molecule has 0 radical (unpaired) electrons. The molecule has 0 N–H and O–H groups in total. The van der Waals surface area contributed by atoms with Crippen LogP contribution in [0.1, 0.15) is 26.7 Å². The summed E-state index contributed by atoms with van der Waals surface area (Å²) in [5, 5.41) is 0. The highest BCUT2D eigenvalue weighted by Gasteiger charge is 1.97. The third kappa shape index (κ3) is 13.6. The molecule has 5 nitrogen and oxygen atoms in total. The Balaban J connectivity index is 2.97. The van der Waals surface area contributed by atoms with Gasteiger partial charge < -0.3 is 18.9 Å². The highest BCUT2D eigenvalue weighted by molar-refractivity contribution is 5.78. The zero-order chi connectivity index (χ0) is 13.5. The lowest BCUT2D eigenvalue weighted by Gasteiger charge is -2.06. The molecule has 108 valence electrons. The van der Waals surface area contributed by atoms with Gasteiger partial charge in [-0.05, 0) is 6.92 Å². The van der Waals surface area contributed by atoms with Crippen molar-refractivity contribution in [3.05, 3.63) is 0 Å². The second-order valence-electron chi connectivity index (χ2n) is 3.68. The number of Topliss-reactive ketones (excluding diaryl/α,β-unsaturated/α-hetero) is 1. The Morgan fingerprint density at radius 3 is 1.61 bits per heavy atom. The predicted octanol–water partition coefficient (Wildman–Crippen LogP) is 1.44. The Kier molecular flexibility index (Phi) is 14.2. The van der Waals surface area contributed by atoms with Gasteiger partial charge in [-0.15, -0.1) is 0 Å². The third-order valence-corrected chi connectivity index (χ3v) is 2.24. The fourth-order valence-corrected chi connectivity index (χ4v) is 1.17. The first kappa shape index (κ1) is 17.5. The lowest BCUT2D eigenvalue weighted by molar-refractivity contribution is -0.120. The molecule has 0 bridgehead atoms. The summed E-state index contributed by atoms with van der Waals surface area (Å²) in [4.78, 5) is 11.0. The SMILES string of the molecule is CCOCCOCCOCCOCCC(=O)CC. The normalized spacial score (nSPS) is 10.8. The molecule has 0 heterocycles. The van der Waals surface area contributed by atoms with Crippen molar-refractivity contribution >= 4 is 5.78 Å². The first-order valence-electron chi connectivity index (χ1n) is 6.63. The minimum atomic E-state index is 0.235. The van der Waals surface area contributed by atoms with E-state index in [1.807, 2.05) is 13.8 Å². The van der Waals surface area contributed by atoms with E-state index in [1.165, 1.54) is 0 Å². The van der Waals surface area contributed by atoms with Crippen molar-refractivity contribution < 1.29 is 23.7 Å². The Morgan fingerprint density at radius 1 is 0.722 bits per heavy atom. The highest BCUT2D eigenvalue weighted by Crippen LogP contribution is 1.90. The molecule has 0 aromatic rings. The number of ether oxygens (including phenoxy) is 4. The van der Waals surface area contributed by atoms with Crippen LogP contribution in [0.25, 0.3) is 0 Å². The molecule has 0 aromatic carbocycles. The molecule has 0 saturated carbocycles. The van der Waals surface area contributed by atoms with Crippen LogP contribution >= 0.6 is 0 Å². The van der Waals surface area contributed by atoms with Gasteiger partial charge in [0.2, 0.25) is 0 Å². The van der Waals surface area contributed by atoms with Crippen LogP contribution in [0.2, 0.25) is 0 Å². The third-order valence-electron chi connectivity index (χ3n) is 2.24. The minimum Gasteiger partial charge on any atom is -0.379 e. The molecule has 0 aliphatic carbocycles. The van der Waals surface area contributed by atoms with Gasteiger partial charge in [0.05, 0.1) is 46.2 Å². The van der Waals surface area contributed by atoms with Crippen molar-refractivity contribution in [3.63, 3.8) is 0 Å². The molecule has 0 unspecified atom stereocenters. The number of hydrogen-bond acceptors (Lipinski definition) is 5. The summed E-state index contributed by atoms with van der Waals surface area (Å²) in [6, 6.07) is 0. The molecule has 0 aliphatic heterocycles. The molecule has 0 aliphatic rings. The van der Waals surface area contributed by atoms with E-state index in [1.54, 1.807) is 0 Å². The maximum absolute atomic E-state index is 11.0. The van der Waals surface area contributed by atoms with Gasteiger partial charge in [0.15, 0.2) is 0 Å². The fraction of sp³-hybridized carbons (Fsp3) is 0.923. The summed E-state index contributed by atoms with van der Waals surface area (Å²) in [5.41, 5.74) is 0. The van der Waals surface area contributed by atoms with E-state index < -0.39 is 0 Å². The maximum Gasteiger partial charge on any atom is 0.134 e. The first-order chi connectivity index (χ1) is 8.81. The van der Waals surface area contributed by atoms with E-state index in [2.05, 4.69) is 0 Å². The fourth-order valence-electron chi connectivity index (χ4n) is 1.17. The average Bonchev–Trinajstić information content (AvgIpc) is 2.39. The lowest BCUT2D eigenvalue weighted by Crippen LogP contribution is -2.12. The van der Waals surface area contributed by atoms with Crippen molar-refractivity contribution in [2.75, 3.05) is 52.9 Å². The van der Waals surface area contributed by atoms with Gasteiger partial charge in [-0.3, -0.25) is 4.79 Å². The molecule has 0 rings (SSSR count). The second-order valence-corrected chi connectivity index (χ2v) is 3.68. The van der Waals surface area contributed by atoms with Gasteiger partial charge in [0, 0.05) is 19.4 Å². The molecular weight excluding hydrogens is 236 g/mol. The van der Waals surface area contributed by atoms with E-state index >= 15 is 0 Å². The first-order valence-corrected chi connectivity index (χ1v) is 6.63. The molecule has 0 saturated heterocycles. The Labute approximate surface area is 110 Å². The van der Waals surface area contributed by atoms with E-state index in [0.717, 1.165) is 6.61 Å². The van der Waals surface area contributed by atoms with E-state index in [0.29, 0.717) is 59.1 Å². The van der Waals surface area contributed by atoms with Gasteiger partial charge in [-0.1, -0.05) is 6.92 Å². The van der Waals surface area contributed by atoms with Gasteiger partial charge in [-0.25, -0.2) is 0 Å². The van der Waals surface area contributed by atoms with Crippen molar-refractivity contribution in [3.8, 4) is 0 Å². The molecule has 0 spiro atoms. The Bertz CT molecular complexity index is 184. The zero-order valence-corrected chi connectivity index (χ0v) is 11.6. The Morgan fingerprint density at radius 2 is 1.17 bits per heavy atom. The molecule has 18 heavy (non-hydrogen) atoms. The van der Waals surface area contributed by atoms with E-state index in [4.69, 9.17) is 18.9 Å². The summed E-state index contributed by atoms with van der Waals surface area (Å²) in [6.45, 7) is 8.44. The van der Waals surface area contributed by atoms with Crippen LogP contribution in [-0.4, -0.2) is 58.6 Å². The van der Waals surface area contributed by atoms with Gasteiger partial charge in [0.25, 0.3) is 0 Å². The lowest BCUT2D eigenvalue weighted by atomic mass is 10.2. The molecule has 0 atom stereocenters. The minimum absolute atomic E-state index is 0.235. The van der Waals surface area contributed by atoms with Crippen LogP contribution in [-0.2, 0) is 23.7 Å². The van der Waals surface area contributed by atoms with Gasteiger partial charge in [-0.2, -0.15) is 0 Å². The summed E-state index contributed by atoms with van der Waals surface area (Å²) in [5.74, 6) is 0.235. The average molecular weight is 262 g/mol. The van der Waals surface area contributed by atoms with Crippen molar-refractivity contribution in [2.45, 2.75) is 26.7 Å². The number of ketones is 1. The number of carbonyl (C=O) groups excluding carboxylic acids is 1. The van der Waals surface area contributed by atoms with E-state index in [9.17, 15) is 4.79 Å². The van der Waals surface area contributed by atoms with Crippen molar-refractivity contribution in [2.24, 2.45) is 0 Å². The van der Waals surface area contributed by atoms with Crippen molar-refractivity contribution in [1.82, 2.24) is 0 Å². The van der Waals surface area contributed by atoms with Gasteiger partial charge in [0.1, 0.15) is 5.78 Å². The highest BCUT2D eigenvalue weighted by atomic mass is 16.6. The predicted molar refractivity (Wildman–Crippen MR) is 68.9 cm³/mol. The molecule has 0 amide bonds. The van der Waals surface area contributed by atoms with E-state index in [-0.39, 0.29) is 5.78 Å². The van der Waals surface area contributed by atoms with Crippen LogP contribution < -0.4 is 0 Å². The van der Waals surface area contributed by atoms with Crippen LogP contribution in [0.5, 0.6) is 0 Å². The number of carbonyl (C=O) groups is 1. The molecule has 0 fully saturated rings. The molecule has 5 heteroatoms. The number of rotatable bonds is 14. The topological polar surface area (TPSA) is 54.0 Å². The summed E-state index contributed by atoms with van der Waals surface area (Å²) in [7, 11) is 0. The summed E-state index contributed by atoms with van der Waals surface area (Å²) < 4.78 is 21.0. The van der Waals surface area contributed by atoms with Crippen LogP contribution in [0.15, 0.2) is 0 Å². The van der Waals surface area contributed by atoms with Crippen LogP contribution in [0.3, 0.4) is 0 Å². The second kappa shape index (κ2) is 14.6. The van der Waals surface area contributed by atoms with Crippen molar-refractivity contribution in [1.29, 1.82) is 0 Å².